The SMILES string of the molecule is CC(=O)OCC(=O)C1CCC2C3C[C@H](OC(C)=O)C4=CC(=O)CCC4(C)C3CCC12C. The minimum Gasteiger partial charge on any atom is -0.458 e. The molecule has 0 N–H and O–H groups in total. The van der Waals surface area contributed by atoms with Gasteiger partial charge in [0.2, 0.25) is 0 Å². The quantitative estimate of drug-likeness (QED) is 0.631. The number of esters is 2. The van der Waals surface area contributed by atoms with Crippen LogP contribution in [0.3, 0.4) is 0 Å². The van der Waals surface area contributed by atoms with Crippen LogP contribution in [-0.4, -0.2) is 36.2 Å². The van der Waals surface area contributed by atoms with Gasteiger partial charge in [-0.05, 0) is 78.8 Å². The molecule has 0 aliphatic heterocycles. The molecule has 7 atom stereocenters. The van der Waals surface area contributed by atoms with Gasteiger partial charge in [-0.2, -0.15) is 0 Å². The number of hydrogen-bond donors (Lipinski definition) is 0. The van der Waals surface area contributed by atoms with Gasteiger partial charge in [-0.3, -0.25) is 19.2 Å². The average Bonchev–Trinajstić information content (AvgIpc) is 3.04. The van der Waals surface area contributed by atoms with Crippen molar-refractivity contribution in [3.8, 4) is 0 Å². The van der Waals surface area contributed by atoms with Crippen molar-refractivity contribution in [2.45, 2.75) is 78.7 Å². The molecule has 0 bridgehead atoms. The Hall–Kier alpha value is -1.98. The van der Waals surface area contributed by atoms with Gasteiger partial charge in [-0.1, -0.05) is 13.8 Å². The van der Waals surface area contributed by atoms with Crippen molar-refractivity contribution < 1.29 is 28.7 Å². The van der Waals surface area contributed by atoms with Crippen molar-refractivity contribution in [3.05, 3.63) is 11.6 Å². The van der Waals surface area contributed by atoms with Gasteiger partial charge in [0.25, 0.3) is 0 Å². The van der Waals surface area contributed by atoms with E-state index in [1.807, 2.05) is 0 Å². The van der Waals surface area contributed by atoms with Crippen LogP contribution in [-0.2, 0) is 28.7 Å². The zero-order valence-electron chi connectivity index (χ0n) is 19.1. The molecule has 6 unspecified atom stereocenters. The van der Waals surface area contributed by atoms with Crippen LogP contribution in [0.1, 0.15) is 72.6 Å². The molecule has 31 heavy (non-hydrogen) atoms. The molecule has 3 fully saturated rings. The van der Waals surface area contributed by atoms with Gasteiger partial charge in [0.1, 0.15) is 12.7 Å². The normalized spacial score (nSPS) is 41.4. The monoisotopic (exact) mass is 430 g/mol. The number of carbonyl (C=O) groups excluding carboxylic acids is 4. The predicted molar refractivity (Wildman–Crippen MR) is 113 cm³/mol. The fraction of sp³-hybridized carbons (Fsp3) is 0.760. The summed E-state index contributed by atoms with van der Waals surface area (Å²) < 4.78 is 10.8. The van der Waals surface area contributed by atoms with Gasteiger partial charge in [0, 0.05) is 26.2 Å². The van der Waals surface area contributed by atoms with Gasteiger partial charge in [-0.15, -0.1) is 0 Å². The van der Waals surface area contributed by atoms with E-state index in [0.29, 0.717) is 24.2 Å². The summed E-state index contributed by atoms with van der Waals surface area (Å²) >= 11 is 0. The van der Waals surface area contributed by atoms with Gasteiger partial charge < -0.3 is 9.47 Å². The van der Waals surface area contributed by atoms with Crippen molar-refractivity contribution in [3.63, 3.8) is 0 Å². The van der Waals surface area contributed by atoms with Crippen LogP contribution in [0.5, 0.6) is 0 Å². The first-order valence-electron chi connectivity index (χ1n) is 11.6. The summed E-state index contributed by atoms with van der Waals surface area (Å²) in [7, 11) is 0. The highest BCUT2D eigenvalue weighted by Gasteiger charge is 2.62. The predicted octanol–water partition coefficient (Wildman–Crippen LogP) is 3.81. The summed E-state index contributed by atoms with van der Waals surface area (Å²) in [5, 5.41) is 0. The lowest BCUT2D eigenvalue weighted by atomic mass is 9.46. The standard InChI is InChI=1S/C25H34O6/c1-14(26)30-13-22(29)20-6-5-18-17-12-23(31-15(2)27)21-11-16(28)7-9-25(21,4)19(17)8-10-24(18,20)3/h11,17-20,23H,5-10,12-13H2,1-4H3/t17?,18?,19?,20?,23-,24?,25?/m0/s1. The minimum absolute atomic E-state index is 0.0288. The van der Waals surface area contributed by atoms with Crippen LogP contribution in [0.2, 0.25) is 0 Å². The first kappa shape index (κ1) is 22.2. The van der Waals surface area contributed by atoms with E-state index in [1.54, 1.807) is 6.08 Å². The Balaban J connectivity index is 1.63. The molecule has 0 aromatic heterocycles. The van der Waals surface area contributed by atoms with Crippen LogP contribution < -0.4 is 0 Å². The van der Waals surface area contributed by atoms with Crippen LogP contribution in [0.25, 0.3) is 0 Å². The van der Waals surface area contributed by atoms with Crippen LogP contribution in [0, 0.1) is 34.5 Å². The highest BCUT2D eigenvalue weighted by molar-refractivity contribution is 5.92. The Kier molecular flexibility index (Phi) is 5.63. The molecule has 0 aromatic carbocycles. The van der Waals surface area contributed by atoms with Crippen LogP contribution >= 0.6 is 0 Å². The molecule has 3 saturated carbocycles. The Morgan fingerprint density at radius 1 is 1.03 bits per heavy atom. The Morgan fingerprint density at radius 2 is 1.77 bits per heavy atom. The maximum atomic E-state index is 12.9. The Morgan fingerprint density at radius 3 is 2.45 bits per heavy atom. The summed E-state index contributed by atoms with van der Waals surface area (Å²) in [6.07, 6.45) is 7.22. The molecule has 4 aliphatic rings. The van der Waals surface area contributed by atoms with Crippen molar-refractivity contribution in [2.24, 2.45) is 34.5 Å². The molecule has 0 aromatic rings. The first-order valence-corrected chi connectivity index (χ1v) is 11.6. The Bertz CT molecular complexity index is 843. The number of fused-ring (bicyclic) bond motifs is 5. The molecule has 170 valence electrons. The fourth-order valence-corrected chi connectivity index (χ4v) is 7.69. The van der Waals surface area contributed by atoms with E-state index in [9.17, 15) is 19.2 Å². The van der Waals surface area contributed by atoms with E-state index in [4.69, 9.17) is 9.47 Å². The lowest BCUT2D eigenvalue weighted by molar-refractivity contribution is -0.155. The molecule has 0 radical (unpaired) electrons. The van der Waals surface area contributed by atoms with Gasteiger partial charge >= 0.3 is 11.9 Å². The topological polar surface area (TPSA) is 86.7 Å². The second kappa shape index (κ2) is 7.86. The molecule has 0 amide bonds. The number of rotatable bonds is 4. The van der Waals surface area contributed by atoms with Gasteiger partial charge in [0.05, 0.1) is 0 Å². The maximum absolute atomic E-state index is 12.9. The maximum Gasteiger partial charge on any atom is 0.303 e. The van der Waals surface area contributed by atoms with Crippen molar-refractivity contribution in [1.29, 1.82) is 0 Å². The second-order valence-corrected chi connectivity index (χ2v) is 10.6. The molecule has 4 aliphatic carbocycles. The van der Waals surface area contributed by atoms with E-state index in [1.165, 1.54) is 13.8 Å². The average molecular weight is 431 g/mol. The molecule has 0 saturated heterocycles. The lowest BCUT2D eigenvalue weighted by Crippen LogP contribution is -2.55. The zero-order chi connectivity index (χ0) is 22.6. The number of ether oxygens (including phenoxy) is 2. The number of Topliss-reactive ketones (excluding diaryl/α,β-unsaturated/α-hetero) is 1. The second-order valence-electron chi connectivity index (χ2n) is 10.6. The molecule has 6 heteroatoms. The van der Waals surface area contributed by atoms with E-state index < -0.39 is 5.97 Å². The van der Waals surface area contributed by atoms with Crippen LogP contribution in [0.15, 0.2) is 11.6 Å². The van der Waals surface area contributed by atoms with E-state index in [-0.39, 0.29) is 47.0 Å². The summed E-state index contributed by atoms with van der Waals surface area (Å²) in [4.78, 5) is 48.2. The zero-order valence-corrected chi connectivity index (χ0v) is 19.1. The fourth-order valence-electron chi connectivity index (χ4n) is 7.69. The third-order valence-electron chi connectivity index (χ3n) is 9.07. The smallest absolute Gasteiger partial charge is 0.303 e. The lowest BCUT2D eigenvalue weighted by Gasteiger charge is -2.59. The molecular weight excluding hydrogens is 396 g/mol. The van der Waals surface area contributed by atoms with Crippen molar-refractivity contribution in [1.82, 2.24) is 0 Å². The van der Waals surface area contributed by atoms with E-state index in [2.05, 4.69) is 13.8 Å². The summed E-state index contributed by atoms with van der Waals surface area (Å²) in [6, 6.07) is 0. The van der Waals surface area contributed by atoms with Gasteiger partial charge in [0.15, 0.2) is 11.6 Å². The number of ketones is 2. The number of carbonyl (C=O) groups is 4. The highest BCUT2D eigenvalue weighted by atomic mass is 16.5. The third-order valence-corrected chi connectivity index (χ3v) is 9.07. The summed E-state index contributed by atoms with van der Waals surface area (Å²) in [5.74, 6) is 0.469. The van der Waals surface area contributed by atoms with E-state index in [0.717, 1.165) is 44.1 Å². The first-order chi connectivity index (χ1) is 14.6. The molecule has 6 nitrogen and oxygen atoms in total. The van der Waals surface area contributed by atoms with Gasteiger partial charge in [-0.25, -0.2) is 0 Å². The summed E-state index contributed by atoms with van der Waals surface area (Å²) in [6.45, 7) is 7.10. The largest absolute Gasteiger partial charge is 0.458 e. The highest BCUT2D eigenvalue weighted by Crippen LogP contribution is 2.67. The molecule has 0 spiro atoms. The summed E-state index contributed by atoms with van der Waals surface area (Å²) in [5.41, 5.74) is 0.739. The molecule has 4 rings (SSSR count). The van der Waals surface area contributed by atoms with Crippen molar-refractivity contribution >= 4 is 23.5 Å². The molecule has 0 heterocycles. The van der Waals surface area contributed by atoms with E-state index >= 15 is 0 Å². The third kappa shape index (κ3) is 3.66. The van der Waals surface area contributed by atoms with Crippen molar-refractivity contribution in [2.75, 3.05) is 6.61 Å². The van der Waals surface area contributed by atoms with Crippen LogP contribution in [0.4, 0.5) is 0 Å². The Labute approximate surface area is 184 Å². The number of hydrogen-bond acceptors (Lipinski definition) is 6. The minimum atomic E-state index is -0.424. The molecular formula is C25H34O6.